The normalized spacial score (nSPS) is 21.1. The lowest BCUT2D eigenvalue weighted by atomic mass is 9.85. The molecule has 0 saturated carbocycles. The van der Waals surface area contributed by atoms with Crippen molar-refractivity contribution in [1.82, 2.24) is 0 Å². The maximum absolute atomic E-state index is 11.4. The highest BCUT2D eigenvalue weighted by atomic mass is 16.5. The van der Waals surface area contributed by atoms with Gasteiger partial charge in [-0.25, -0.2) is 0 Å². The zero-order chi connectivity index (χ0) is 12.3. The van der Waals surface area contributed by atoms with Crippen molar-refractivity contribution in [3.63, 3.8) is 0 Å². The minimum atomic E-state index is -0.797. The summed E-state index contributed by atoms with van der Waals surface area (Å²) in [5.74, 6) is -0.561. The van der Waals surface area contributed by atoms with Crippen LogP contribution in [0.1, 0.15) is 17.9 Å². The van der Waals surface area contributed by atoms with Crippen LogP contribution in [-0.2, 0) is 9.53 Å². The zero-order valence-corrected chi connectivity index (χ0v) is 9.76. The number of rotatable bonds is 4. The van der Waals surface area contributed by atoms with Crippen molar-refractivity contribution >= 4 is 5.97 Å². The van der Waals surface area contributed by atoms with E-state index in [1.54, 1.807) is 13.2 Å². The van der Waals surface area contributed by atoms with Crippen LogP contribution in [-0.4, -0.2) is 31.4 Å². The van der Waals surface area contributed by atoms with E-state index in [0.717, 1.165) is 12.0 Å². The van der Waals surface area contributed by atoms with Crippen LogP contribution in [0.4, 0.5) is 0 Å². The van der Waals surface area contributed by atoms with E-state index in [4.69, 9.17) is 9.47 Å². The van der Waals surface area contributed by atoms with E-state index in [0.29, 0.717) is 19.0 Å². The molecule has 92 valence electrons. The Kier molecular flexibility index (Phi) is 3.64. The molecule has 1 heterocycles. The Morgan fingerprint density at radius 1 is 1.59 bits per heavy atom. The third-order valence-corrected chi connectivity index (χ3v) is 3.16. The van der Waals surface area contributed by atoms with Gasteiger partial charge in [0.25, 0.3) is 0 Å². The quantitative estimate of drug-likeness (QED) is 0.867. The third kappa shape index (κ3) is 2.58. The van der Waals surface area contributed by atoms with Gasteiger partial charge in [0, 0.05) is 12.5 Å². The first-order valence-electron chi connectivity index (χ1n) is 5.67. The van der Waals surface area contributed by atoms with Gasteiger partial charge < -0.3 is 14.6 Å². The van der Waals surface area contributed by atoms with Crippen molar-refractivity contribution in [3.8, 4) is 5.75 Å². The smallest absolute Gasteiger partial charge is 0.311 e. The number of carboxylic acids is 1. The average Bonchev–Trinajstić information content (AvgIpc) is 2.83. The predicted molar refractivity (Wildman–Crippen MR) is 62.3 cm³/mol. The number of aliphatic carboxylic acids is 1. The van der Waals surface area contributed by atoms with E-state index in [1.807, 2.05) is 18.2 Å². The molecule has 0 amide bonds. The Morgan fingerprint density at radius 3 is 3.00 bits per heavy atom. The lowest BCUT2D eigenvalue weighted by molar-refractivity contribution is -0.140. The van der Waals surface area contributed by atoms with Crippen LogP contribution in [0.5, 0.6) is 5.75 Å². The number of carboxylic acid groups (broad SMARTS) is 1. The van der Waals surface area contributed by atoms with Crippen LogP contribution in [0.3, 0.4) is 0 Å². The predicted octanol–water partition coefficient (Wildman–Crippen LogP) is 1.90. The van der Waals surface area contributed by atoms with Crippen LogP contribution in [0.25, 0.3) is 0 Å². The van der Waals surface area contributed by atoms with Crippen molar-refractivity contribution < 1.29 is 19.4 Å². The van der Waals surface area contributed by atoms with Crippen molar-refractivity contribution in [2.45, 2.75) is 12.3 Å². The standard InChI is InChI=1S/C13H16O4/c1-16-11-4-2-3-9(7-11)12(13(14)15)10-5-6-17-8-10/h2-4,7,10,12H,5-6,8H2,1H3,(H,14,15). The molecule has 1 aliphatic heterocycles. The Balaban J connectivity index is 2.28. The van der Waals surface area contributed by atoms with Crippen LogP contribution in [0.2, 0.25) is 0 Å². The first-order valence-corrected chi connectivity index (χ1v) is 5.67. The molecule has 0 bridgehead atoms. The van der Waals surface area contributed by atoms with E-state index in [1.165, 1.54) is 0 Å². The van der Waals surface area contributed by atoms with Crippen LogP contribution in [0.15, 0.2) is 24.3 Å². The summed E-state index contributed by atoms with van der Waals surface area (Å²) in [5.41, 5.74) is 0.785. The summed E-state index contributed by atoms with van der Waals surface area (Å²) in [6, 6.07) is 7.25. The van der Waals surface area contributed by atoms with Crippen LogP contribution >= 0.6 is 0 Å². The summed E-state index contributed by atoms with van der Waals surface area (Å²) in [5, 5.41) is 9.35. The molecule has 1 aromatic carbocycles. The number of hydrogen-bond donors (Lipinski definition) is 1. The molecule has 1 aliphatic rings. The van der Waals surface area contributed by atoms with E-state index in [-0.39, 0.29) is 5.92 Å². The molecule has 4 nitrogen and oxygen atoms in total. The molecular formula is C13H16O4. The van der Waals surface area contributed by atoms with E-state index >= 15 is 0 Å². The summed E-state index contributed by atoms with van der Waals surface area (Å²) in [6.07, 6.45) is 0.800. The van der Waals surface area contributed by atoms with E-state index in [2.05, 4.69) is 0 Å². The highest BCUT2D eigenvalue weighted by molar-refractivity contribution is 5.76. The second-order valence-electron chi connectivity index (χ2n) is 4.22. The van der Waals surface area contributed by atoms with Gasteiger partial charge in [0.15, 0.2) is 0 Å². The second-order valence-corrected chi connectivity index (χ2v) is 4.22. The molecule has 0 spiro atoms. The molecule has 0 aliphatic carbocycles. The van der Waals surface area contributed by atoms with Gasteiger partial charge in [-0.05, 0) is 24.1 Å². The van der Waals surface area contributed by atoms with E-state index < -0.39 is 11.9 Å². The molecule has 1 N–H and O–H groups in total. The number of ether oxygens (including phenoxy) is 2. The number of benzene rings is 1. The van der Waals surface area contributed by atoms with Crippen molar-refractivity contribution in [2.75, 3.05) is 20.3 Å². The molecule has 4 heteroatoms. The Bertz CT molecular complexity index is 396. The molecule has 17 heavy (non-hydrogen) atoms. The number of methoxy groups -OCH3 is 1. The molecule has 1 aromatic rings. The zero-order valence-electron chi connectivity index (χ0n) is 9.76. The highest BCUT2D eigenvalue weighted by Gasteiger charge is 2.32. The topological polar surface area (TPSA) is 55.8 Å². The minimum Gasteiger partial charge on any atom is -0.497 e. The molecule has 0 aromatic heterocycles. The molecule has 2 rings (SSSR count). The second kappa shape index (κ2) is 5.19. The summed E-state index contributed by atoms with van der Waals surface area (Å²) in [6.45, 7) is 1.17. The molecule has 1 fully saturated rings. The fourth-order valence-corrected chi connectivity index (χ4v) is 2.27. The van der Waals surface area contributed by atoms with Crippen molar-refractivity contribution in [3.05, 3.63) is 29.8 Å². The van der Waals surface area contributed by atoms with Gasteiger partial charge in [0.1, 0.15) is 5.75 Å². The maximum Gasteiger partial charge on any atom is 0.311 e. The van der Waals surface area contributed by atoms with Gasteiger partial charge >= 0.3 is 5.97 Å². The first-order chi connectivity index (χ1) is 8.22. The Hall–Kier alpha value is -1.55. The fraction of sp³-hybridized carbons (Fsp3) is 0.462. The molecule has 1 saturated heterocycles. The Morgan fingerprint density at radius 2 is 2.41 bits per heavy atom. The average molecular weight is 236 g/mol. The maximum atomic E-state index is 11.4. The molecule has 2 unspecified atom stereocenters. The van der Waals surface area contributed by atoms with Crippen molar-refractivity contribution in [2.24, 2.45) is 5.92 Å². The lowest BCUT2D eigenvalue weighted by Gasteiger charge is -2.18. The molecular weight excluding hydrogens is 220 g/mol. The lowest BCUT2D eigenvalue weighted by Crippen LogP contribution is -2.21. The third-order valence-electron chi connectivity index (χ3n) is 3.16. The summed E-state index contributed by atoms with van der Waals surface area (Å²) in [7, 11) is 1.58. The number of hydrogen-bond acceptors (Lipinski definition) is 3. The number of carbonyl (C=O) groups is 1. The van der Waals surface area contributed by atoms with Gasteiger partial charge in [0.2, 0.25) is 0 Å². The highest BCUT2D eigenvalue weighted by Crippen LogP contribution is 2.32. The van der Waals surface area contributed by atoms with Crippen LogP contribution < -0.4 is 4.74 Å². The Labute approximate surface area is 100 Å². The van der Waals surface area contributed by atoms with E-state index in [9.17, 15) is 9.90 Å². The first kappa shape index (κ1) is 11.9. The summed E-state index contributed by atoms with van der Waals surface area (Å²) >= 11 is 0. The molecule has 0 radical (unpaired) electrons. The SMILES string of the molecule is COc1cccc(C(C(=O)O)C2CCOC2)c1. The van der Waals surface area contributed by atoms with Crippen LogP contribution in [0, 0.1) is 5.92 Å². The minimum absolute atomic E-state index is 0.0552. The van der Waals surface area contributed by atoms with Gasteiger partial charge in [-0.15, -0.1) is 0 Å². The fourth-order valence-electron chi connectivity index (χ4n) is 2.27. The van der Waals surface area contributed by atoms with Gasteiger partial charge in [0.05, 0.1) is 19.6 Å². The van der Waals surface area contributed by atoms with Crippen molar-refractivity contribution in [1.29, 1.82) is 0 Å². The summed E-state index contributed by atoms with van der Waals surface area (Å²) in [4.78, 5) is 11.4. The monoisotopic (exact) mass is 236 g/mol. The van der Waals surface area contributed by atoms with Gasteiger partial charge in [-0.1, -0.05) is 12.1 Å². The largest absolute Gasteiger partial charge is 0.497 e. The summed E-state index contributed by atoms with van der Waals surface area (Å²) < 4.78 is 10.4. The van der Waals surface area contributed by atoms with Gasteiger partial charge in [-0.2, -0.15) is 0 Å². The molecule has 2 atom stereocenters. The van der Waals surface area contributed by atoms with Gasteiger partial charge in [-0.3, -0.25) is 4.79 Å².